The second-order valence-electron chi connectivity index (χ2n) is 8.02. The van der Waals surface area contributed by atoms with Crippen molar-refractivity contribution in [3.05, 3.63) is 59.4 Å². The zero-order valence-corrected chi connectivity index (χ0v) is 19.2. The van der Waals surface area contributed by atoms with Gasteiger partial charge in [-0.2, -0.15) is 0 Å². The first-order valence-corrected chi connectivity index (χ1v) is 11.2. The van der Waals surface area contributed by atoms with Gasteiger partial charge in [-0.15, -0.1) is 0 Å². The number of hydrogen-bond donors (Lipinski definition) is 0. The Morgan fingerprint density at radius 3 is 2.30 bits per heavy atom. The number of benzene rings is 1. The number of unbranched alkanes of at least 4 members (excludes halogenated alkanes) is 1. The lowest BCUT2D eigenvalue weighted by Crippen LogP contribution is -2.46. The first-order chi connectivity index (χ1) is 14.4. The number of carbonyl (C=O) groups excluding carboxylic acids is 2. The summed E-state index contributed by atoms with van der Waals surface area (Å²) >= 11 is 0. The lowest BCUT2D eigenvalue weighted by Gasteiger charge is -2.31. The molecule has 0 saturated heterocycles. The van der Waals surface area contributed by atoms with Gasteiger partial charge >= 0.3 is 0 Å². The summed E-state index contributed by atoms with van der Waals surface area (Å²) in [5.74, 6) is -0.0712. The Labute approximate surface area is 181 Å². The molecule has 0 N–H and O–H groups in total. The molecule has 5 nitrogen and oxygen atoms in total. The number of hydrogen-bond acceptors (Lipinski definition) is 2. The van der Waals surface area contributed by atoms with Crippen LogP contribution in [0.25, 0.3) is 0 Å². The Morgan fingerprint density at radius 2 is 1.77 bits per heavy atom. The minimum absolute atomic E-state index is 0.00322. The van der Waals surface area contributed by atoms with Crippen LogP contribution >= 0.6 is 0 Å². The summed E-state index contributed by atoms with van der Waals surface area (Å²) in [4.78, 5) is 30.1. The molecule has 1 aromatic heterocycles. The number of aromatic nitrogens is 1. The summed E-state index contributed by atoms with van der Waals surface area (Å²) in [6, 6.07) is 11.8. The second-order valence-corrected chi connectivity index (χ2v) is 8.02. The summed E-state index contributed by atoms with van der Waals surface area (Å²) in [6.07, 6.45) is 5.71. The Bertz CT molecular complexity index is 810. The van der Waals surface area contributed by atoms with E-state index in [9.17, 15) is 9.59 Å². The molecule has 0 bridgehead atoms. The van der Waals surface area contributed by atoms with E-state index in [0.717, 1.165) is 31.4 Å². The molecule has 2 rings (SSSR count). The molecular formula is C25H37N3O2. The van der Waals surface area contributed by atoms with Gasteiger partial charge in [0.25, 0.3) is 5.91 Å². The highest BCUT2D eigenvalue weighted by Gasteiger charge is 2.26. The van der Waals surface area contributed by atoms with Crippen LogP contribution < -0.4 is 0 Å². The summed E-state index contributed by atoms with van der Waals surface area (Å²) in [6.45, 7) is 9.66. The van der Waals surface area contributed by atoms with Crippen LogP contribution in [-0.2, 0) is 24.8 Å². The topological polar surface area (TPSA) is 45.6 Å². The number of nitrogens with zero attached hydrogens (tertiary/aromatic N) is 3. The molecule has 1 atom stereocenters. The Morgan fingerprint density at radius 1 is 1.07 bits per heavy atom. The molecule has 5 heteroatoms. The second kappa shape index (κ2) is 11.6. The minimum Gasteiger partial charge on any atom is -0.353 e. The first-order valence-electron chi connectivity index (χ1n) is 11.2. The molecule has 1 aromatic carbocycles. The molecular weight excluding hydrogens is 374 g/mol. The molecule has 1 heterocycles. The van der Waals surface area contributed by atoms with Crippen LogP contribution in [0.2, 0.25) is 0 Å². The summed E-state index contributed by atoms with van der Waals surface area (Å²) in [5.41, 5.74) is 2.94. The highest BCUT2D eigenvalue weighted by atomic mass is 16.2. The van der Waals surface area contributed by atoms with Gasteiger partial charge in [-0.05, 0) is 56.0 Å². The number of carbonyl (C=O) groups is 2. The van der Waals surface area contributed by atoms with E-state index in [1.54, 1.807) is 4.90 Å². The van der Waals surface area contributed by atoms with Crippen molar-refractivity contribution in [3.63, 3.8) is 0 Å². The highest BCUT2D eigenvalue weighted by Crippen LogP contribution is 2.15. The molecule has 0 aliphatic rings. The average molecular weight is 412 g/mol. The zero-order chi connectivity index (χ0) is 22.1. The molecule has 0 radical (unpaired) electrons. The van der Waals surface area contributed by atoms with Gasteiger partial charge in [-0.25, -0.2) is 0 Å². The van der Waals surface area contributed by atoms with E-state index < -0.39 is 0 Å². The standard InChI is InChI=1S/C25H37N3O2/c1-6-9-17-27(18-23-11-10-16-26(23)5)24(29)19-28(20(4)7-2)25(30)22-14-12-21(8-3)13-15-22/h10-16,20H,6-9,17-19H2,1-5H3/t20-/m0/s1. The largest absolute Gasteiger partial charge is 0.353 e. The molecule has 0 spiro atoms. The summed E-state index contributed by atoms with van der Waals surface area (Å²) in [7, 11) is 1.99. The van der Waals surface area contributed by atoms with Gasteiger partial charge < -0.3 is 14.4 Å². The molecule has 0 aliphatic carbocycles. The molecule has 30 heavy (non-hydrogen) atoms. The van der Waals surface area contributed by atoms with Crippen LogP contribution in [0.15, 0.2) is 42.6 Å². The Balaban J connectivity index is 2.19. The van der Waals surface area contributed by atoms with E-state index in [-0.39, 0.29) is 24.4 Å². The summed E-state index contributed by atoms with van der Waals surface area (Å²) in [5, 5.41) is 0. The zero-order valence-electron chi connectivity index (χ0n) is 19.2. The molecule has 0 unspecified atom stereocenters. The third-order valence-corrected chi connectivity index (χ3v) is 5.84. The van der Waals surface area contributed by atoms with E-state index >= 15 is 0 Å². The Hall–Kier alpha value is -2.56. The van der Waals surface area contributed by atoms with E-state index in [1.165, 1.54) is 5.56 Å². The fourth-order valence-electron chi connectivity index (χ4n) is 3.44. The first kappa shape index (κ1) is 23.7. The maximum atomic E-state index is 13.3. The van der Waals surface area contributed by atoms with Gasteiger partial charge in [0.2, 0.25) is 5.91 Å². The van der Waals surface area contributed by atoms with Crippen LogP contribution in [0, 0.1) is 0 Å². The number of aryl methyl sites for hydroxylation is 2. The van der Waals surface area contributed by atoms with Gasteiger partial charge in [0.1, 0.15) is 6.54 Å². The summed E-state index contributed by atoms with van der Waals surface area (Å²) < 4.78 is 2.04. The van der Waals surface area contributed by atoms with Gasteiger partial charge in [-0.3, -0.25) is 9.59 Å². The lowest BCUT2D eigenvalue weighted by atomic mass is 10.1. The highest BCUT2D eigenvalue weighted by molar-refractivity contribution is 5.96. The monoisotopic (exact) mass is 411 g/mol. The van der Waals surface area contributed by atoms with Crippen molar-refractivity contribution in [1.82, 2.24) is 14.4 Å². The minimum atomic E-state index is -0.0744. The maximum absolute atomic E-state index is 13.3. The van der Waals surface area contributed by atoms with Crippen LogP contribution in [0.4, 0.5) is 0 Å². The van der Waals surface area contributed by atoms with Crippen molar-refractivity contribution < 1.29 is 9.59 Å². The maximum Gasteiger partial charge on any atom is 0.254 e. The van der Waals surface area contributed by atoms with Crippen molar-refractivity contribution in [3.8, 4) is 0 Å². The van der Waals surface area contributed by atoms with E-state index in [1.807, 2.05) is 66.0 Å². The molecule has 0 saturated carbocycles. The quantitative estimate of drug-likeness (QED) is 0.540. The van der Waals surface area contributed by atoms with Crippen molar-refractivity contribution in [2.24, 2.45) is 7.05 Å². The van der Waals surface area contributed by atoms with Gasteiger partial charge in [0.05, 0.1) is 6.54 Å². The van der Waals surface area contributed by atoms with E-state index in [2.05, 4.69) is 20.8 Å². The molecule has 0 fully saturated rings. The molecule has 2 amide bonds. The van der Waals surface area contributed by atoms with Crippen molar-refractivity contribution >= 4 is 11.8 Å². The van der Waals surface area contributed by atoms with Crippen molar-refractivity contribution in [2.75, 3.05) is 13.1 Å². The van der Waals surface area contributed by atoms with E-state index in [0.29, 0.717) is 18.7 Å². The number of rotatable bonds is 11. The van der Waals surface area contributed by atoms with Gasteiger partial charge in [-0.1, -0.05) is 39.3 Å². The number of amides is 2. The van der Waals surface area contributed by atoms with Gasteiger partial charge in [0, 0.05) is 37.1 Å². The van der Waals surface area contributed by atoms with Crippen LogP contribution in [0.1, 0.15) is 68.6 Å². The third-order valence-electron chi connectivity index (χ3n) is 5.84. The molecule has 0 aliphatic heterocycles. The predicted octanol–water partition coefficient (Wildman–Crippen LogP) is 4.66. The van der Waals surface area contributed by atoms with Gasteiger partial charge in [0.15, 0.2) is 0 Å². The molecule has 164 valence electrons. The fraction of sp³-hybridized carbons (Fsp3) is 0.520. The normalized spacial score (nSPS) is 11.9. The van der Waals surface area contributed by atoms with Crippen LogP contribution in [0.5, 0.6) is 0 Å². The SMILES string of the molecule is CCCCN(Cc1cccn1C)C(=O)CN(C(=O)c1ccc(CC)cc1)[C@@H](C)CC. The van der Waals surface area contributed by atoms with Crippen LogP contribution in [-0.4, -0.2) is 45.3 Å². The fourth-order valence-corrected chi connectivity index (χ4v) is 3.44. The predicted molar refractivity (Wildman–Crippen MR) is 122 cm³/mol. The van der Waals surface area contributed by atoms with Crippen molar-refractivity contribution in [1.29, 1.82) is 0 Å². The average Bonchev–Trinajstić information content (AvgIpc) is 3.18. The van der Waals surface area contributed by atoms with E-state index in [4.69, 9.17) is 0 Å². The Kier molecular flexibility index (Phi) is 9.15. The van der Waals surface area contributed by atoms with Crippen molar-refractivity contribution in [2.45, 2.75) is 66.0 Å². The third kappa shape index (κ3) is 6.22. The lowest BCUT2D eigenvalue weighted by molar-refractivity contribution is -0.133. The smallest absolute Gasteiger partial charge is 0.254 e. The van der Waals surface area contributed by atoms with Crippen LogP contribution in [0.3, 0.4) is 0 Å². The molecule has 2 aromatic rings.